The standard InChI is InChI=1S/C6H13IN2O.Fe.HI/c7-6(10)5(9)3-1-2-4-8;;/h5H,1-4,8-9H2;;1H/t5-;;/m0../s1. The Bertz CT molecular complexity index is 116. The van der Waals surface area contributed by atoms with Crippen molar-refractivity contribution < 1.29 is 21.9 Å². The van der Waals surface area contributed by atoms with Gasteiger partial charge >= 0.3 is 0 Å². The molecule has 0 saturated heterocycles. The second kappa shape index (κ2) is 12.6. The molecule has 0 fully saturated rings. The summed E-state index contributed by atoms with van der Waals surface area (Å²) >= 11 is 1.73. The van der Waals surface area contributed by atoms with Crippen molar-refractivity contribution in [1.82, 2.24) is 0 Å². The zero-order valence-electron chi connectivity index (χ0n) is 6.61. The topological polar surface area (TPSA) is 69.1 Å². The Labute approximate surface area is 114 Å². The first-order valence-electron chi connectivity index (χ1n) is 3.33. The van der Waals surface area contributed by atoms with Crippen molar-refractivity contribution in [3.8, 4) is 0 Å². The minimum absolute atomic E-state index is 0. The van der Waals surface area contributed by atoms with E-state index < -0.39 is 0 Å². The Hall–Kier alpha value is 1.57. The van der Waals surface area contributed by atoms with Crippen molar-refractivity contribution >= 4 is 50.4 Å². The van der Waals surface area contributed by atoms with Crippen LogP contribution in [0.2, 0.25) is 0 Å². The van der Waals surface area contributed by atoms with Gasteiger partial charge in [-0.25, -0.2) is 0 Å². The molecule has 0 radical (unpaired) electrons. The van der Waals surface area contributed by atoms with Gasteiger partial charge in [0.25, 0.3) is 0 Å². The molecule has 12 heavy (non-hydrogen) atoms. The van der Waals surface area contributed by atoms with Crippen molar-refractivity contribution in [2.75, 3.05) is 6.54 Å². The first-order chi connectivity index (χ1) is 4.68. The summed E-state index contributed by atoms with van der Waals surface area (Å²) in [6.45, 7) is 0.683. The zero-order chi connectivity index (χ0) is 7.98. The van der Waals surface area contributed by atoms with Gasteiger partial charge in [0.05, 0.1) is 6.04 Å². The number of halogens is 2. The van der Waals surface area contributed by atoms with Crippen LogP contribution in [0.1, 0.15) is 19.3 Å². The second-order valence-corrected chi connectivity index (χ2v) is 3.26. The molecule has 0 saturated carbocycles. The van der Waals surface area contributed by atoms with E-state index >= 15 is 0 Å². The van der Waals surface area contributed by atoms with E-state index in [-0.39, 0.29) is 50.9 Å². The summed E-state index contributed by atoms with van der Waals surface area (Å²) in [4.78, 5) is 10.6. The minimum atomic E-state index is -0.285. The van der Waals surface area contributed by atoms with Crippen LogP contribution in [0.15, 0.2) is 0 Å². The molecule has 0 unspecified atom stereocenters. The number of rotatable bonds is 5. The van der Waals surface area contributed by atoms with Gasteiger partial charge in [-0.15, -0.1) is 24.0 Å². The van der Waals surface area contributed by atoms with Gasteiger partial charge in [-0.3, -0.25) is 4.79 Å². The third kappa shape index (κ3) is 11.6. The number of unbranched alkanes of at least 4 members (excludes halogenated alkanes) is 1. The van der Waals surface area contributed by atoms with Crippen LogP contribution in [0.3, 0.4) is 0 Å². The number of carbonyl (C=O) groups is 1. The Balaban J connectivity index is -0.000000405. The quantitative estimate of drug-likeness (QED) is 0.291. The van der Waals surface area contributed by atoms with E-state index in [1.165, 1.54) is 0 Å². The average Bonchev–Trinajstić information content (AvgIpc) is 1.88. The van der Waals surface area contributed by atoms with Gasteiger partial charge in [0.2, 0.25) is 3.79 Å². The Kier molecular flexibility index (Phi) is 20.1. The number of carbonyl (C=O) groups excluding carboxylic acids is 1. The molecule has 0 heterocycles. The monoisotopic (exact) mass is 440 g/mol. The van der Waals surface area contributed by atoms with Crippen LogP contribution in [0.4, 0.5) is 0 Å². The molecule has 0 spiro atoms. The van der Waals surface area contributed by atoms with Crippen LogP contribution in [0.5, 0.6) is 0 Å². The summed E-state index contributed by atoms with van der Waals surface area (Å²) in [6.07, 6.45) is 2.67. The Morgan fingerprint density at radius 1 is 1.42 bits per heavy atom. The number of nitrogens with two attached hydrogens (primary N) is 2. The normalized spacial score (nSPS) is 10.9. The van der Waals surface area contributed by atoms with E-state index in [4.69, 9.17) is 11.5 Å². The van der Waals surface area contributed by atoms with E-state index in [1.54, 1.807) is 22.6 Å². The van der Waals surface area contributed by atoms with Crippen LogP contribution in [-0.2, 0) is 21.9 Å². The molecule has 0 aromatic heterocycles. The molecular formula is C6H14FeI2N2O. The summed E-state index contributed by atoms with van der Waals surface area (Å²) in [6, 6.07) is -0.285. The number of hydrogen-bond donors (Lipinski definition) is 2. The van der Waals surface area contributed by atoms with Gasteiger partial charge in [0.1, 0.15) is 0 Å². The average molecular weight is 440 g/mol. The van der Waals surface area contributed by atoms with Gasteiger partial charge in [-0.2, -0.15) is 0 Å². The Morgan fingerprint density at radius 2 is 1.92 bits per heavy atom. The second-order valence-electron chi connectivity index (χ2n) is 2.20. The van der Waals surface area contributed by atoms with Gasteiger partial charge in [0, 0.05) is 39.7 Å². The van der Waals surface area contributed by atoms with Crippen molar-refractivity contribution in [1.29, 1.82) is 0 Å². The number of hydrogen-bond acceptors (Lipinski definition) is 3. The van der Waals surface area contributed by atoms with Crippen molar-refractivity contribution in [3.63, 3.8) is 0 Å². The van der Waals surface area contributed by atoms with Crippen LogP contribution >= 0.6 is 46.6 Å². The fourth-order valence-electron chi connectivity index (χ4n) is 0.622. The third-order valence-corrected chi connectivity index (χ3v) is 2.06. The molecular weight excluding hydrogens is 426 g/mol. The first kappa shape index (κ1) is 19.2. The van der Waals surface area contributed by atoms with Gasteiger partial charge < -0.3 is 11.5 Å². The molecule has 0 aromatic carbocycles. The summed E-state index contributed by atoms with van der Waals surface area (Å²) in [5.41, 5.74) is 10.7. The molecule has 0 amide bonds. The van der Waals surface area contributed by atoms with Crippen molar-refractivity contribution in [2.24, 2.45) is 11.5 Å². The van der Waals surface area contributed by atoms with E-state index in [2.05, 4.69) is 0 Å². The summed E-state index contributed by atoms with van der Waals surface area (Å²) < 4.78 is 0.0367. The van der Waals surface area contributed by atoms with Crippen LogP contribution < -0.4 is 11.5 Å². The molecule has 0 rings (SSSR count). The van der Waals surface area contributed by atoms with E-state index in [1.807, 2.05) is 0 Å². The molecule has 76 valence electrons. The van der Waals surface area contributed by atoms with Crippen LogP contribution in [-0.4, -0.2) is 16.4 Å². The molecule has 0 aromatic rings. The first-order valence-corrected chi connectivity index (χ1v) is 4.41. The maximum Gasteiger partial charge on any atom is 0.208 e. The fourth-order valence-corrected chi connectivity index (χ4v) is 0.933. The van der Waals surface area contributed by atoms with Crippen LogP contribution in [0, 0.1) is 0 Å². The molecule has 4 N–H and O–H groups in total. The maximum atomic E-state index is 10.6. The zero-order valence-corrected chi connectivity index (χ0v) is 12.2. The van der Waals surface area contributed by atoms with Gasteiger partial charge in [0.15, 0.2) is 0 Å². The van der Waals surface area contributed by atoms with E-state index in [0.29, 0.717) is 6.54 Å². The molecule has 0 aliphatic heterocycles. The summed E-state index contributed by atoms with van der Waals surface area (Å²) in [5, 5.41) is 0. The van der Waals surface area contributed by atoms with Crippen molar-refractivity contribution in [2.45, 2.75) is 25.3 Å². The third-order valence-electron chi connectivity index (χ3n) is 1.26. The van der Waals surface area contributed by atoms with Crippen molar-refractivity contribution in [3.05, 3.63) is 0 Å². The summed E-state index contributed by atoms with van der Waals surface area (Å²) in [7, 11) is 0. The summed E-state index contributed by atoms with van der Waals surface area (Å²) in [5.74, 6) is 0. The molecule has 1 atom stereocenters. The minimum Gasteiger partial charge on any atom is -0.330 e. The maximum absolute atomic E-state index is 10.6. The SMILES string of the molecule is I.NCCCC[C@H](N)C(=O)I.[Fe]. The van der Waals surface area contributed by atoms with E-state index in [0.717, 1.165) is 19.3 Å². The molecule has 0 aliphatic rings. The predicted molar refractivity (Wildman–Crippen MR) is 65.3 cm³/mol. The molecule has 6 heteroatoms. The fraction of sp³-hybridized carbons (Fsp3) is 0.833. The van der Waals surface area contributed by atoms with Crippen LogP contribution in [0.25, 0.3) is 0 Å². The Morgan fingerprint density at radius 3 is 2.25 bits per heavy atom. The predicted octanol–water partition coefficient (Wildman–Crippen LogP) is 1.02. The largest absolute Gasteiger partial charge is 0.330 e. The van der Waals surface area contributed by atoms with Gasteiger partial charge in [-0.05, 0) is 19.4 Å². The smallest absolute Gasteiger partial charge is 0.208 e. The van der Waals surface area contributed by atoms with Gasteiger partial charge in [-0.1, -0.05) is 6.42 Å². The molecule has 0 aliphatic carbocycles. The molecule has 3 nitrogen and oxygen atoms in total. The van der Waals surface area contributed by atoms with E-state index in [9.17, 15) is 4.79 Å². The molecule has 0 bridgehead atoms.